The summed E-state index contributed by atoms with van der Waals surface area (Å²) in [4.78, 5) is 19.1. The molecule has 3 heterocycles. The number of furan rings is 1. The summed E-state index contributed by atoms with van der Waals surface area (Å²) in [6.45, 7) is 2.69. The van der Waals surface area contributed by atoms with Crippen LogP contribution in [0.2, 0.25) is 0 Å². The molecule has 1 amide bonds. The van der Waals surface area contributed by atoms with E-state index in [1.54, 1.807) is 6.26 Å². The van der Waals surface area contributed by atoms with Gasteiger partial charge in [0.05, 0.1) is 25.3 Å². The molecule has 4 rings (SSSR count). The van der Waals surface area contributed by atoms with Gasteiger partial charge in [0.1, 0.15) is 5.76 Å². The van der Waals surface area contributed by atoms with E-state index in [1.165, 1.54) is 0 Å². The molecule has 1 aliphatic heterocycles. The summed E-state index contributed by atoms with van der Waals surface area (Å²) in [5.41, 5.74) is 0.889. The van der Waals surface area contributed by atoms with Crippen molar-refractivity contribution in [3.63, 3.8) is 0 Å². The van der Waals surface area contributed by atoms with Crippen molar-refractivity contribution >= 4 is 5.91 Å². The largest absolute Gasteiger partial charge is 0.468 e. The van der Waals surface area contributed by atoms with Gasteiger partial charge in [-0.2, -0.15) is 4.98 Å². The number of amides is 1. The molecule has 2 aromatic heterocycles. The smallest absolute Gasteiger partial charge is 0.246 e. The van der Waals surface area contributed by atoms with Gasteiger partial charge in [-0.25, -0.2) is 0 Å². The molecule has 140 valence electrons. The van der Waals surface area contributed by atoms with Crippen LogP contribution in [0.1, 0.15) is 24.5 Å². The van der Waals surface area contributed by atoms with Gasteiger partial charge in [0.25, 0.3) is 0 Å². The van der Waals surface area contributed by atoms with Crippen molar-refractivity contribution in [2.24, 2.45) is 5.92 Å². The van der Waals surface area contributed by atoms with E-state index < -0.39 is 0 Å². The molecule has 0 saturated carbocycles. The zero-order valence-electron chi connectivity index (χ0n) is 15.0. The predicted molar refractivity (Wildman–Crippen MR) is 98.3 cm³/mol. The first kappa shape index (κ1) is 17.5. The summed E-state index contributed by atoms with van der Waals surface area (Å²) < 4.78 is 10.7. The maximum atomic E-state index is 12.5. The van der Waals surface area contributed by atoms with E-state index in [0.717, 1.165) is 43.8 Å². The van der Waals surface area contributed by atoms with Crippen molar-refractivity contribution in [2.75, 3.05) is 13.1 Å². The second-order valence-corrected chi connectivity index (χ2v) is 6.75. The Bertz CT molecular complexity index is 861. The van der Waals surface area contributed by atoms with E-state index in [0.29, 0.717) is 11.7 Å². The van der Waals surface area contributed by atoms with Crippen molar-refractivity contribution in [1.29, 1.82) is 0 Å². The van der Waals surface area contributed by atoms with Gasteiger partial charge in [0.2, 0.25) is 17.6 Å². The number of carbonyl (C=O) groups excluding carboxylic acids is 1. The minimum absolute atomic E-state index is 0.0265. The first-order valence-corrected chi connectivity index (χ1v) is 9.18. The Hall–Kier alpha value is -2.93. The van der Waals surface area contributed by atoms with Crippen LogP contribution < -0.4 is 5.32 Å². The van der Waals surface area contributed by atoms with E-state index in [9.17, 15) is 4.79 Å². The first-order valence-electron chi connectivity index (χ1n) is 9.18. The van der Waals surface area contributed by atoms with Crippen LogP contribution in [0.3, 0.4) is 0 Å². The van der Waals surface area contributed by atoms with E-state index in [-0.39, 0.29) is 18.4 Å². The molecule has 3 aromatic rings. The average molecular weight is 366 g/mol. The molecule has 7 nitrogen and oxygen atoms in total. The van der Waals surface area contributed by atoms with Gasteiger partial charge in [-0.05, 0) is 31.5 Å². The molecule has 0 spiro atoms. The van der Waals surface area contributed by atoms with E-state index in [2.05, 4.69) is 20.4 Å². The van der Waals surface area contributed by atoms with Crippen LogP contribution in [0, 0.1) is 5.92 Å². The summed E-state index contributed by atoms with van der Waals surface area (Å²) in [7, 11) is 0. The Kier molecular flexibility index (Phi) is 5.29. The van der Waals surface area contributed by atoms with Crippen LogP contribution in [0.25, 0.3) is 11.4 Å². The lowest BCUT2D eigenvalue weighted by Gasteiger charge is -2.31. The highest BCUT2D eigenvalue weighted by molar-refractivity contribution is 5.78. The van der Waals surface area contributed by atoms with Gasteiger partial charge in [0, 0.05) is 12.1 Å². The topological polar surface area (TPSA) is 84.4 Å². The molecule has 1 aliphatic rings. The molecule has 27 heavy (non-hydrogen) atoms. The number of nitrogens with one attached hydrogen (secondary N) is 1. The van der Waals surface area contributed by atoms with Gasteiger partial charge in [-0.3, -0.25) is 9.69 Å². The zero-order valence-corrected chi connectivity index (χ0v) is 15.0. The summed E-state index contributed by atoms with van der Waals surface area (Å²) in [5, 5.41) is 6.90. The second-order valence-electron chi connectivity index (χ2n) is 6.75. The van der Waals surface area contributed by atoms with Crippen molar-refractivity contribution in [1.82, 2.24) is 20.4 Å². The fourth-order valence-corrected chi connectivity index (χ4v) is 3.37. The monoisotopic (exact) mass is 366 g/mol. The zero-order chi connectivity index (χ0) is 18.5. The second kappa shape index (κ2) is 8.18. The number of nitrogens with zero attached hydrogens (tertiary/aromatic N) is 3. The fourth-order valence-electron chi connectivity index (χ4n) is 3.37. The molecule has 0 aliphatic carbocycles. The number of piperidine rings is 1. The quantitative estimate of drug-likeness (QED) is 0.722. The van der Waals surface area contributed by atoms with Gasteiger partial charge in [-0.15, -0.1) is 0 Å². The number of hydrogen-bond donors (Lipinski definition) is 1. The average Bonchev–Trinajstić information content (AvgIpc) is 3.39. The molecule has 0 bridgehead atoms. The highest BCUT2D eigenvalue weighted by Crippen LogP contribution is 2.19. The third-order valence-corrected chi connectivity index (χ3v) is 4.75. The third-order valence-electron chi connectivity index (χ3n) is 4.75. The Morgan fingerprint density at radius 2 is 2.11 bits per heavy atom. The highest BCUT2D eigenvalue weighted by atomic mass is 16.5. The van der Waals surface area contributed by atoms with E-state index in [4.69, 9.17) is 8.94 Å². The molecular weight excluding hydrogens is 344 g/mol. The molecule has 1 N–H and O–H groups in total. The van der Waals surface area contributed by atoms with Gasteiger partial charge >= 0.3 is 0 Å². The summed E-state index contributed by atoms with van der Waals surface area (Å²) in [5.74, 6) is 1.85. The molecule has 1 aromatic carbocycles. The van der Waals surface area contributed by atoms with Crippen LogP contribution in [-0.2, 0) is 17.9 Å². The molecular formula is C20H22N4O3. The van der Waals surface area contributed by atoms with Gasteiger partial charge in [0.15, 0.2) is 0 Å². The van der Waals surface area contributed by atoms with Crippen molar-refractivity contribution in [3.05, 3.63) is 60.4 Å². The SMILES string of the molecule is O=C(NCc1nc(-c2ccccc2)no1)[C@H]1CCCN(Cc2ccco2)C1. The standard InChI is InChI=1S/C20H22N4O3/c25-20(16-8-4-10-24(13-16)14-17-9-5-11-26-17)21-12-18-22-19(23-27-18)15-6-2-1-3-7-15/h1-3,5-7,9,11,16H,4,8,10,12-14H2,(H,21,25)/t16-/m0/s1. The molecule has 7 heteroatoms. The van der Waals surface area contributed by atoms with E-state index in [1.807, 2.05) is 42.5 Å². The van der Waals surface area contributed by atoms with Crippen LogP contribution in [-0.4, -0.2) is 34.0 Å². The minimum Gasteiger partial charge on any atom is -0.468 e. The van der Waals surface area contributed by atoms with Crippen LogP contribution in [0.4, 0.5) is 0 Å². The Balaban J connectivity index is 1.29. The van der Waals surface area contributed by atoms with Crippen LogP contribution in [0.5, 0.6) is 0 Å². The number of benzene rings is 1. The first-order chi connectivity index (χ1) is 13.3. The normalized spacial score (nSPS) is 17.7. The number of hydrogen-bond acceptors (Lipinski definition) is 6. The molecule has 1 saturated heterocycles. The fraction of sp³-hybridized carbons (Fsp3) is 0.350. The molecule has 1 fully saturated rings. The summed E-state index contributed by atoms with van der Waals surface area (Å²) >= 11 is 0. The Morgan fingerprint density at radius 1 is 1.22 bits per heavy atom. The minimum atomic E-state index is -0.0368. The van der Waals surface area contributed by atoms with Crippen molar-refractivity contribution in [3.8, 4) is 11.4 Å². The van der Waals surface area contributed by atoms with Crippen molar-refractivity contribution in [2.45, 2.75) is 25.9 Å². The third kappa shape index (κ3) is 4.43. The number of rotatable bonds is 6. The van der Waals surface area contributed by atoms with E-state index >= 15 is 0 Å². The lowest BCUT2D eigenvalue weighted by Crippen LogP contribution is -2.42. The number of aromatic nitrogens is 2. The van der Waals surface area contributed by atoms with Gasteiger partial charge in [-0.1, -0.05) is 35.5 Å². The Morgan fingerprint density at radius 3 is 2.93 bits per heavy atom. The molecule has 0 unspecified atom stereocenters. The lowest BCUT2D eigenvalue weighted by molar-refractivity contribution is -0.127. The van der Waals surface area contributed by atoms with Crippen LogP contribution >= 0.6 is 0 Å². The number of carbonyl (C=O) groups is 1. The highest BCUT2D eigenvalue weighted by Gasteiger charge is 2.26. The Labute approximate surface area is 157 Å². The molecule has 0 radical (unpaired) electrons. The maximum absolute atomic E-state index is 12.5. The lowest BCUT2D eigenvalue weighted by atomic mass is 9.97. The van der Waals surface area contributed by atoms with Crippen molar-refractivity contribution < 1.29 is 13.7 Å². The summed E-state index contributed by atoms with van der Waals surface area (Å²) in [6, 6.07) is 13.5. The summed E-state index contributed by atoms with van der Waals surface area (Å²) in [6.07, 6.45) is 3.56. The molecule has 1 atom stereocenters. The predicted octanol–water partition coefficient (Wildman–Crippen LogP) is 2.86. The number of likely N-dealkylation sites (tertiary alicyclic amines) is 1. The van der Waals surface area contributed by atoms with Crippen LogP contribution in [0.15, 0.2) is 57.7 Å². The van der Waals surface area contributed by atoms with Gasteiger partial charge < -0.3 is 14.3 Å². The maximum Gasteiger partial charge on any atom is 0.246 e.